The van der Waals surface area contributed by atoms with Crippen molar-refractivity contribution in [3.63, 3.8) is 0 Å². The first kappa shape index (κ1) is 10.5. The minimum atomic E-state index is -0.547. The van der Waals surface area contributed by atoms with Crippen LogP contribution in [0.3, 0.4) is 0 Å². The molecule has 4 nitrogen and oxygen atoms in total. The molecule has 17 heavy (non-hydrogen) atoms. The number of benzene rings is 1. The number of fused-ring (bicyclic) bond motifs is 1. The van der Waals surface area contributed by atoms with E-state index in [0.29, 0.717) is 19.0 Å². The van der Waals surface area contributed by atoms with Crippen LogP contribution < -0.4 is 4.74 Å². The van der Waals surface area contributed by atoms with Crippen LogP contribution in [0.2, 0.25) is 0 Å². The number of hydrogen-bond acceptors (Lipinski definition) is 4. The maximum absolute atomic E-state index is 9.60. The van der Waals surface area contributed by atoms with Crippen LogP contribution in [0.4, 0.5) is 0 Å². The summed E-state index contributed by atoms with van der Waals surface area (Å²) in [5, 5.41) is 10.7. The van der Waals surface area contributed by atoms with Crippen LogP contribution in [0.5, 0.6) is 5.75 Å². The molecule has 0 spiro atoms. The van der Waals surface area contributed by atoms with E-state index in [0.717, 1.165) is 10.9 Å². The molecule has 2 atom stereocenters. The van der Waals surface area contributed by atoms with Gasteiger partial charge in [0.1, 0.15) is 18.0 Å². The van der Waals surface area contributed by atoms with E-state index in [-0.39, 0.29) is 6.10 Å². The smallest absolute Gasteiger partial charge is 0.150 e. The van der Waals surface area contributed by atoms with Crippen LogP contribution in [0, 0.1) is 0 Å². The van der Waals surface area contributed by atoms with E-state index in [2.05, 4.69) is 4.98 Å². The summed E-state index contributed by atoms with van der Waals surface area (Å²) in [6.45, 7) is 0.776. The fraction of sp³-hybridized carbons (Fsp3) is 0.308. The van der Waals surface area contributed by atoms with E-state index < -0.39 is 6.10 Å². The van der Waals surface area contributed by atoms with Gasteiger partial charge in [-0.05, 0) is 18.2 Å². The molecule has 2 heterocycles. The van der Waals surface area contributed by atoms with Crippen molar-refractivity contribution in [3.8, 4) is 5.75 Å². The summed E-state index contributed by atoms with van der Waals surface area (Å²) in [5.41, 5.74) is 0.887. The zero-order valence-corrected chi connectivity index (χ0v) is 9.24. The molecule has 1 aromatic carbocycles. The Labute approximate surface area is 98.8 Å². The van der Waals surface area contributed by atoms with Crippen molar-refractivity contribution in [2.24, 2.45) is 0 Å². The molecule has 1 fully saturated rings. The Hall–Kier alpha value is -1.65. The molecule has 0 bridgehead atoms. The number of aliphatic hydroxyl groups excluding tert-OH is 1. The molecule has 2 aromatic rings. The molecule has 4 heteroatoms. The Balaban J connectivity index is 1.85. The van der Waals surface area contributed by atoms with Crippen molar-refractivity contribution in [1.29, 1.82) is 0 Å². The predicted octanol–water partition coefficient (Wildman–Crippen LogP) is 1.37. The molecule has 1 saturated heterocycles. The normalized spacial score (nSPS) is 24.1. The third-order valence-electron chi connectivity index (χ3n) is 2.86. The zero-order valence-electron chi connectivity index (χ0n) is 9.24. The number of aliphatic hydroxyl groups is 1. The molecule has 3 rings (SSSR count). The van der Waals surface area contributed by atoms with E-state index >= 15 is 0 Å². The molecular formula is C13H13NO3. The third kappa shape index (κ3) is 2.09. The summed E-state index contributed by atoms with van der Waals surface area (Å²) in [5.74, 6) is 0.714. The van der Waals surface area contributed by atoms with Crippen molar-refractivity contribution in [2.45, 2.75) is 12.2 Å². The summed E-state index contributed by atoms with van der Waals surface area (Å²) in [6.07, 6.45) is 0.921. The van der Waals surface area contributed by atoms with E-state index in [1.165, 1.54) is 0 Å². The Morgan fingerprint density at radius 3 is 3.06 bits per heavy atom. The Kier molecular flexibility index (Phi) is 2.66. The van der Waals surface area contributed by atoms with Crippen LogP contribution in [0.25, 0.3) is 10.9 Å². The second-order valence-corrected chi connectivity index (χ2v) is 4.12. The van der Waals surface area contributed by atoms with Gasteiger partial charge in [-0.3, -0.25) is 4.98 Å². The second-order valence-electron chi connectivity index (χ2n) is 4.12. The number of aromatic nitrogens is 1. The van der Waals surface area contributed by atoms with E-state index in [1.807, 2.05) is 30.3 Å². The SMILES string of the molecule is O[C@@H]1COC[C@H]1Oc1ccc2cccnc2c1. The summed E-state index contributed by atoms with van der Waals surface area (Å²) >= 11 is 0. The number of rotatable bonds is 2. The van der Waals surface area contributed by atoms with Crippen LogP contribution in [-0.4, -0.2) is 35.5 Å². The standard InChI is InChI=1S/C13H13NO3/c15-12-7-16-8-13(12)17-10-4-3-9-2-1-5-14-11(9)6-10/h1-6,12-13,15H,7-8H2/t12-,13-/m1/s1. The highest BCUT2D eigenvalue weighted by Gasteiger charge is 2.27. The highest BCUT2D eigenvalue weighted by molar-refractivity contribution is 5.79. The van der Waals surface area contributed by atoms with Crippen molar-refractivity contribution in [3.05, 3.63) is 36.5 Å². The van der Waals surface area contributed by atoms with Gasteiger partial charge in [-0.1, -0.05) is 6.07 Å². The molecule has 0 aliphatic carbocycles. The molecule has 0 unspecified atom stereocenters. The van der Waals surface area contributed by atoms with Crippen molar-refractivity contribution in [1.82, 2.24) is 4.98 Å². The Morgan fingerprint density at radius 2 is 2.24 bits per heavy atom. The van der Waals surface area contributed by atoms with E-state index in [1.54, 1.807) is 6.20 Å². The van der Waals surface area contributed by atoms with Crippen molar-refractivity contribution < 1.29 is 14.6 Å². The van der Waals surface area contributed by atoms with Gasteiger partial charge in [0.2, 0.25) is 0 Å². The molecule has 0 amide bonds. The minimum Gasteiger partial charge on any atom is -0.485 e. The van der Waals surface area contributed by atoms with Gasteiger partial charge in [0.25, 0.3) is 0 Å². The first-order valence-electron chi connectivity index (χ1n) is 5.60. The largest absolute Gasteiger partial charge is 0.485 e. The first-order valence-corrected chi connectivity index (χ1v) is 5.60. The van der Waals surface area contributed by atoms with Gasteiger partial charge < -0.3 is 14.6 Å². The van der Waals surface area contributed by atoms with Gasteiger partial charge in [-0.2, -0.15) is 0 Å². The Morgan fingerprint density at radius 1 is 1.29 bits per heavy atom. The number of ether oxygens (including phenoxy) is 2. The molecule has 1 aliphatic rings. The van der Waals surface area contributed by atoms with Crippen molar-refractivity contribution in [2.75, 3.05) is 13.2 Å². The summed E-state index contributed by atoms with van der Waals surface area (Å²) in [7, 11) is 0. The van der Waals surface area contributed by atoms with Gasteiger partial charge in [0.15, 0.2) is 0 Å². The maximum Gasteiger partial charge on any atom is 0.150 e. The van der Waals surface area contributed by atoms with Crippen LogP contribution >= 0.6 is 0 Å². The second kappa shape index (κ2) is 4.31. The van der Waals surface area contributed by atoms with Gasteiger partial charge >= 0.3 is 0 Å². The quantitative estimate of drug-likeness (QED) is 0.848. The lowest BCUT2D eigenvalue weighted by molar-refractivity contribution is 0.0734. The third-order valence-corrected chi connectivity index (χ3v) is 2.86. The number of hydrogen-bond donors (Lipinski definition) is 1. The fourth-order valence-corrected chi connectivity index (χ4v) is 1.93. The average Bonchev–Trinajstić information content (AvgIpc) is 2.75. The van der Waals surface area contributed by atoms with Crippen LogP contribution in [0.15, 0.2) is 36.5 Å². The lowest BCUT2D eigenvalue weighted by Gasteiger charge is -2.15. The molecule has 1 N–H and O–H groups in total. The van der Waals surface area contributed by atoms with Gasteiger partial charge in [-0.25, -0.2) is 0 Å². The highest BCUT2D eigenvalue weighted by atomic mass is 16.6. The topological polar surface area (TPSA) is 51.6 Å². The maximum atomic E-state index is 9.60. The average molecular weight is 231 g/mol. The molecule has 1 aliphatic heterocycles. The molecule has 0 radical (unpaired) electrons. The van der Waals surface area contributed by atoms with Crippen LogP contribution in [0.1, 0.15) is 0 Å². The minimum absolute atomic E-state index is 0.281. The lowest BCUT2D eigenvalue weighted by atomic mass is 10.2. The zero-order chi connectivity index (χ0) is 11.7. The monoisotopic (exact) mass is 231 g/mol. The van der Waals surface area contributed by atoms with E-state index in [4.69, 9.17) is 9.47 Å². The summed E-state index contributed by atoms with van der Waals surface area (Å²) in [6, 6.07) is 9.62. The lowest BCUT2D eigenvalue weighted by Crippen LogP contribution is -2.29. The highest BCUT2D eigenvalue weighted by Crippen LogP contribution is 2.21. The number of nitrogens with zero attached hydrogens (tertiary/aromatic N) is 1. The molecular weight excluding hydrogens is 218 g/mol. The van der Waals surface area contributed by atoms with Crippen LogP contribution in [-0.2, 0) is 4.74 Å². The predicted molar refractivity (Wildman–Crippen MR) is 63.0 cm³/mol. The fourth-order valence-electron chi connectivity index (χ4n) is 1.93. The molecule has 88 valence electrons. The first-order chi connectivity index (χ1) is 8.33. The number of pyridine rings is 1. The molecule has 1 aromatic heterocycles. The van der Waals surface area contributed by atoms with E-state index in [9.17, 15) is 5.11 Å². The van der Waals surface area contributed by atoms with Gasteiger partial charge in [-0.15, -0.1) is 0 Å². The Bertz CT molecular complexity index is 529. The van der Waals surface area contributed by atoms with Crippen molar-refractivity contribution >= 4 is 10.9 Å². The summed E-state index contributed by atoms with van der Waals surface area (Å²) < 4.78 is 10.8. The molecule has 0 saturated carbocycles. The van der Waals surface area contributed by atoms with Gasteiger partial charge in [0, 0.05) is 17.6 Å². The van der Waals surface area contributed by atoms with Gasteiger partial charge in [0.05, 0.1) is 18.7 Å². The summed E-state index contributed by atoms with van der Waals surface area (Å²) in [4.78, 5) is 4.26.